The lowest BCUT2D eigenvalue weighted by molar-refractivity contribution is -0.119. The molecule has 0 saturated heterocycles. The fourth-order valence-electron chi connectivity index (χ4n) is 2.65. The van der Waals surface area contributed by atoms with Gasteiger partial charge in [0.25, 0.3) is 5.56 Å². The molecule has 8 heteroatoms. The number of benzene rings is 1. The zero-order valence-electron chi connectivity index (χ0n) is 17.0. The van der Waals surface area contributed by atoms with E-state index in [2.05, 4.69) is 10.3 Å². The van der Waals surface area contributed by atoms with Crippen LogP contribution in [-0.2, 0) is 16.1 Å². The van der Waals surface area contributed by atoms with Gasteiger partial charge in [-0.1, -0.05) is 25.1 Å². The van der Waals surface area contributed by atoms with Crippen molar-refractivity contribution in [1.29, 1.82) is 0 Å². The van der Waals surface area contributed by atoms with Gasteiger partial charge in [-0.25, -0.2) is 9.78 Å². The number of methoxy groups -OCH3 is 1. The van der Waals surface area contributed by atoms with Crippen LogP contribution in [0.4, 0.5) is 0 Å². The van der Waals surface area contributed by atoms with E-state index in [9.17, 15) is 14.4 Å². The average Bonchev–Trinajstić information content (AvgIpc) is 2.63. The van der Waals surface area contributed by atoms with Crippen LogP contribution >= 0.6 is 11.8 Å². The van der Waals surface area contributed by atoms with Gasteiger partial charge >= 0.3 is 5.97 Å². The maximum absolute atomic E-state index is 13.0. The van der Waals surface area contributed by atoms with E-state index in [0.717, 1.165) is 12.8 Å². The van der Waals surface area contributed by atoms with Crippen molar-refractivity contribution in [3.05, 3.63) is 34.1 Å². The summed E-state index contributed by atoms with van der Waals surface area (Å²) in [5.74, 6) is -0.465. The lowest BCUT2D eigenvalue weighted by Crippen LogP contribution is -2.41. The van der Waals surface area contributed by atoms with Gasteiger partial charge in [0.05, 0.1) is 29.3 Å². The summed E-state index contributed by atoms with van der Waals surface area (Å²) < 4.78 is 6.35. The highest BCUT2D eigenvalue weighted by Gasteiger charge is 2.17. The third kappa shape index (κ3) is 5.58. The van der Waals surface area contributed by atoms with E-state index in [0.29, 0.717) is 28.2 Å². The summed E-state index contributed by atoms with van der Waals surface area (Å²) in [6.07, 6.45) is 1.76. The van der Waals surface area contributed by atoms with Gasteiger partial charge < -0.3 is 10.1 Å². The molecule has 28 heavy (non-hydrogen) atoms. The molecule has 0 bridgehead atoms. The lowest BCUT2D eigenvalue weighted by atomic mass is 10.1. The second-order valence-corrected chi connectivity index (χ2v) is 8.46. The van der Waals surface area contributed by atoms with Crippen molar-refractivity contribution in [3.63, 3.8) is 0 Å². The molecule has 0 atom stereocenters. The zero-order valence-corrected chi connectivity index (χ0v) is 17.8. The Hall–Kier alpha value is -2.35. The molecule has 2 aromatic rings. The molecule has 7 nitrogen and oxygen atoms in total. The number of fused-ring (bicyclic) bond motifs is 1. The van der Waals surface area contributed by atoms with E-state index in [1.54, 1.807) is 22.8 Å². The summed E-state index contributed by atoms with van der Waals surface area (Å²) in [7, 11) is 1.30. The number of unbranched alkanes of at least 4 members (excludes halogenated alkanes) is 1. The molecular weight excluding hydrogens is 378 g/mol. The smallest absolute Gasteiger partial charge is 0.337 e. The highest BCUT2D eigenvalue weighted by Crippen LogP contribution is 2.20. The minimum absolute atomic E-state index is 0.128. The number of nitrogens with one attached hydrogen (secondary N) is 1. The molecule has 1 amide bonds. The van der Waals surface area contributed by atoms with E-state index < -0.39 is 5.97 Å². The predicted octanol–water partition coefficient (Wildman–Crippen LogP) is 2.99. The molecule has 0 unspecified atom stereocenters. The third-order valence-corrected chi connectivity index (χ3v) is 4.90. The summed E-state index contributed by atoms with van der Waals surface area (Å²) in [6.45, 7) is 8.31. The average molecular weight is 406 g/mol. The number of hydrogen-bond acceptors (Lipinski definition) is 6. The Balaban J connectivity index is 2.43. The third-order valence-electron chi connectivity index (χ3n) is 3.92. The number of carbonyl (C=O) groups excluding carboxylic acids is 2. The Morgan fingerprint density at radius 1 is 1.29 bits per heavy atom. The fourth-order valence-corrected chi connectivity index (χ4v) is 3.48. The minimum Gasteiger partial charge on any atom is -0.465 e. The van der Waals surface area contributed by atoms with E-state index in [-0.39, 0.29) is 22.8 Å². The summed E-state index contributed by atoms with van der Waals surface area (Å²) in [4.78, 5) is 41.5. The molecule has 0 radical (unpaired) electrons. The summed E-state index contributed by atoms with van der Waals surface area (Å²) >= 11 is 1.22. The molecule has 0 fully saturated rings. The summed E-state index contributed by atoms with van der Waals surface area (Å²) in [6, 6.07) is 4.71. The second kappa shape index (κ2) is 9.23. The number of hydrogen-bond donors (Lipinski definition) is 1. The Morgan fingerprint density at radius 2 is 2.00 bits per heavy atom. The maximum atomic E-state index is 13.0. The molecule has 0 aliphatic heterocycles. The van der Waals surface area contributed by atoms with Crippen LogP contribution in [0.3, 0.4) is 0 Å². The van der Waals surface area contributed by atoms with Crippen LogP contribution in [-0.4, -0.2) is 39.8 Å². The first-order chi connectivity index (χ1) is 13.2. The first-order valence-corrected chi connectivity index (χ1v) is 10.2. The van der Waals surface area contributed by atoms with Gasteiger partial charge in [0, 0.05) is 12.1 Å². The lowest BCUT2D eigenvalue weighted by Gasteiger charge is -2.20. The van der Waals surface area contributed by atoms with Crippen LogP contribution in [0.2, 0.25) is 0 Å². The molecule has 1 heterocycles. The molecular formula is C20H27N3O4S. The van der Waals surface area contributed by atoms with Crippen LogP contribution in [0.15, 0.2) is 28.2 Å². The monoisotopic (exact) mass is 405 g/mol. The van der Waals surface area contributed by atoms with Gasteiger partial charge in [-0.15, -0.1) is 0 Å². The molecule has 152 valence electrons. The molecule has 0 aliphatic carbocycles. The van der Waals surface area contributed by atoms with Gasteiger partial charge in [-0.2, -0.15) is 0 Å². The van der Waals surface area contributed by atoms with Crippen molar-refractivity contribution < 1.29 is 14.3 Å². The number of amides is 1. The molecule has 0 spiro atoms. The predicted molar refractivity (Wildman–Crippen MR) is 111 cm³/mol. The Bertz CT molecular complexity index is 931. The quantitative estimate of drug-likeness (QED) is 0.433. The minimum atomic E-state index is -0.488. The number of rotatable bonds is 7. The van der Waals surface area contributed by atoms with Crippen molar-refractivity contribution in [2.24, 2.45) is 0 Å². The van der Waals surface area contributed by atoms with Gasteiger partial charge in [-0.05, 0) is 45.4 Å². The van der Waals surface area contributed by atoms with Crippen molar-refractivity contribution in [1.82, 2.24) is 14.9 Å². The van der Waals surface area contributed by atoms with Crippen molar-refractivity contribution in [2.45, 2.75) is 57.8 Å². The molecule has 0 saturated carbocycles. The van der Waals surface area contributed by atoms with E-state index >= 15 is 0 Å². The maximum Gasteiger partial charge on any atom is 0.337 e. The van der Waals surface area contributed by atoms with Crippen LogP contribution < -0.4 is 10.9 Å². The Kier molecular flexibility index (Phi) is 7.23. The standard InChI is InChI=1S/C20H27N3O4S/c1-6-7-10-23-17(25)14-9-8-13(18(26)27-5)11-15(14)21-19(23)28-12-16(24)22-20(2,3)4/h8-9,11H,6-7,10,12H2,1-5H3,(H,22,24). The largest absolute Gasteiger partial charge is 0.465 e. The molecule has 0 aliphatic rings. The van der Waals surface area contributed by atoms with Crippen molar-refractivity contribution in [3.8, 4) is 0 Å². The summed E-state index contributed by atoms with van der Waals surface area (Å²) in [5, 5.41) is 3.81. The van der Waals surface area contributed by atoms with Gasteiger partial charge in [-0.3, -0.25) is 14.2 Å². The van der Waals surface area contributed by atoms with Crippen LogP contribution in [0.1, 0.15) is 50.9 Å². The van der Waals surface area contributed by atoms with Gasteiger partial charge in [0.2, 0.25) is 5.91 Å². The molecule has 1 aromatic carbocycles. The number of ether oxygens (including phenoxy) is 1. The van der Waals surface area contributed by atoms with E-state index in [4.69, 9.17) is 4.74 Å². The number of esters is 1. The van der Waals surface area contributed by atoms with Crippen LogP contribution in [0, 0.1) is 0 Å². The highest BCUT2D eigenvalue weighted by atomic mass is 32.2. The van der Waals surface area contributed by atoms with E-state index in [1.807, 2.05) is 27.7 Å². The Morgan fingerprint density at radius 3 is 2.61 bits per heavy atom. The fraction of sp³-hybridized carbons (Fsp3) is 0.500. The Labute approximate surface area is 168 Å². The summed E-state index contributed by atoms with van der Waals surface area (Å²) in [5.41, 5.74) is 0.244. The highest BCUT2D eigenvalue weighted by molar-refractivity contribution is 7.99. The first kappa shape index (κ1) is 21.9. The topological polar surface area (TPSA) is 90.3 Å². The first-order valence-electron chi connectivity index (χ1n) is 9.23. The van der Waals surface area contributed by atoms with Crippen LogP contribution in [0.25, 0.3) is 10.9 Å². The molecule has 1 N–H and O–H groups in total. The number of carbonyl (C=O) groups is 2. The number of thioether (sulfide) groups is 1. The normalized spacial score (nSPS) is 11.5. The number of nitrogens with zero attached hydrogens (tertiary/aromatic N) is 2. The van der Waals surface area contributed by atoms with E-state index in [1.165, 1.54) is 18.9 Å². The SMILES string of the molecule is CCCCn1c(SCC(=O)NC(C)(C)C)nc2cc(C(=O)OC)ccc2c1=O. The van der Waals surface area contributed by atoms with Crippen molar-refractivity contribution >= 4 is 34.5 Å². The van der Waals surface area contributed by atoms with Gasteiger partial charge in [0.15, 0.2) is 5.16 Å². The van der Waals surface area contributed by atoms with Crippen LogP contribution in [0.5, 0.6) is 0 Å². The molecule has 1 aromatic heterocycles. The zero-order chi connectivity index (χ0) is 20.9. The second-order valence-electron chi connectivity index (χ2n) is 7.52. The molecule has 2 rings (SSSR count). The number of aromatic nitrogens is 2. The van der Waals surface area contributed by atoms with Gasteiger partial charge in [0.1, 0.15) is 0 Å². The van der Waals surface area contributed by atoms with Crippen molar-refractivity contribution in [2.75, 3.05) is 12.9 Å².